The lowest BCUT2D eigenvalue weighted by Crippen LogP contribution is -2.10. The Morgan fingerprint density at radius 1 is 1.10 bits per heavy atom. The average molecular weight is 426 g/mol. The molecule has 1 atom stereocenters. The molecule has 3 aromatic rings. The van der Waals surface area contributed by atoms with Crippen molar-refractivity contribution in [3.8, 4) is 22.6 Å². The molecule has 0 saturated heterocycles. The Bertz CT molecular complexity index is 1130. The summed E-state index contributed by atoms with van der Waals surface area (Å²) in [6, 6.07) is 11.0. The van der Waals surface area contributed by atoms with Gasteiger partial charge in [0.05, 0.1) is 5.69 Å². The third-order valence-corrected chi connectivity index (χ3v) is 6.31. The molecule has 0 amide bonds. The van der Waals surface area contributed by atoms with Crippen molar-refractivity contribution >= 4 is 15.5 Å². The number of hydrogen-bond donors (Lipinski definition) is 1. The zero-order valence-electron chi connectivity index (χ0n) is 17.8. The van der Waals surface area contributed by atoms with Gasteiger partial charge in [-0.25, -0.2) is 18.4 Å². The van der Waals surface area contributed by atoms with Crippen LogP contribution in [0.15, 0.2) is 52.0 Å². The van der Waals surface area contributed by atoms with Gasteiger partial charge in [0.1, 0.15) is 5.76 Å². The summed E-state index contributed by atoms with van der Waals surface area (Å²) in [5, 5.41) is 8.20. The maximum absolute atomic E-state index is 11.6. The van der Waals surface area contributed by atoms with Gasteiger partial charge in [0.15, 0.2) is 14.9 Å². The van der Waals surface area contributed by atoms with Gasteiger partial charge >= 0.3 is 0 Å². The summed E-state index contributed by atoms with van der Waals surface area (Å²) in [6.45, 7) is 6.08. The Balaban J connectivity index is 1.74. The molecule has 1 unspecified atom stereocenters. The maximum Gasteiger partial charge on any atom is 0.226 e. The molecule has 30 heavy (non-hydrogen) atoms. The van der Waals surface area contributed by atoms with Gasteiger partial charge in [0.2, 0.25) is 5.89 Å². The number of benzene rings is 1. The van der Waals surface area contributed by atoms with E-state index in [0.29, 0.717) is 24.7 Å². The van der Waals surface area contributed by atoms with E-state index in [1.54, 1.807) is 12.3 Å². The van der Waals surface area contributed by atoms with E-state index in [0.717, 1.165) is 46.5 Å². The molecule has 0 aliphatic rings. The number of nitrogens with zero attached hydrogens (tertiary/aromatic N) is 2. The Labute approximate surface area is 177 Å². The smallest absolute Gasteiger partial charge is 0.226 e. The van der Waals surface area contributed by atoms with Crippen LogP contribution in [-0.2, 0) is 16.3 Å². The lowest BCUT2D eigenvalue weighted by molar-refractivity contribution is 0.539. The first kappa shape index (κ1) is 21.9. The molecule has 7 heteroatoms. The van der Waals surface area contributed by atoms with Crippen LogP contribution in [0.1, 0.15) is 38.1 Å². The van der Waals surface area contributed by atoms with E-state index in [1.165, 1.54) is 6.07 Å². The molecule has 0 bridgehead atoms. The van der Waals surface area contributed by atoms with Crippen LogP contribution >= 0.6 is 0 Å². The first-order valence-electron chi connectivity index (χ1n) is 9.99. The summed E-state index contributed by atoms with van der Waals surface area (Å²) in [6.07, 6.45) is 5.07. The largest absolute Gasteiger partial charge is 0.441 e. The van der Waals surface area contributed by atoms with Gasteiger partial charge in [0.25, 0.3) is 0 Å². The minimum absolute atomic E-state index is 0.0621. The second-order valence-electron chi connectivity index (χ2n) is 7.59. The Morgan fingerprint density at radius 2 is 1.73 bits per heavy atom. The molecule has 0 aliphatic carbocycles. The summed E-state index contributed by atoms with van der Waals surface area (Å²) in [5.41, 5.74) is 4.27. The normalized spacial score (nSPS) is 12.7. The van der Waals surface area contributed by atoms with Crippen molar-refractivity contribution in [3.63, 3.8) is 0 Å². The summed E-state index contributed by atoms with van der Waals surface area (Å²) in [7, 11) is -3.31. The van der Waals surface area contributed by atoms with Gasteiger partial charge in [-0.15, -0.1) is 0 Å². The third-order valence-electron chi connectivity index (χ3n) is 5.31. The van der Waals surface area contributed by atoms with Crippen molar-refractivity contribution in [2.75, 3.05) is 6.26 Å². The molecule has 158 valence electrons. The molecule has 2 heterocycles. The van der Waals surface area contributed by atoms with E-state index in [4.69, 9.17) is 9.83 Å². The fourth-order valence-electron chi connectivity index (χ4n) is 3.10. The van der Waals surface area contributed by atoms with Crippen molar-refractivity contribution in [2.24, 2.45) is 5.92 Å². The zero-order valence-corrected chi connectivity index (χ0v) is 18.6. The second-order valence-corrected chi connectivity index (χ2v) is 9.55. The van der Waals surface area contributed by atoms with E-state index >= 15 is 0 Å². The first-order chi connectivity index (χ1) is 14.2. The van der Waals surface area contributed by atoms with Crippen LogP contribution in [0.4, 0.5) is 0 Å². The minimum Gasteiger partial charge on any atom is -0.441 e. The predicted octanol–water partition coefficient (Wildman–Crippen LogP) is 5.11. The van der Waals surface area contributed by atoms with Gasteiger partial charge in [0, 0.05) is 29.3 Å². The molecule has 2 aromatic heterocycles. The molecule has 1 aromatic carbocycles. The fraction of sp³-hybridized carbons (Fsp3) is 0.348. The zero-order chi connectivity index (χ0) is 21.9. The molecule has 6 nitrogen and oxygen atoms in total. The maximum atomic E-state index is 11.6. The summed E-state index contributed by atoms with van der Waals surface area (Å²) in [5.74, 6) is 1.64. The molecule has 0 aliphatic heterocycles. The van der Waals surface area contributed by atoms with Crippen molar-refractivity contribution in [3.05, 3.63) is 54.0 Å². The highest BCUT2D eigenvalue weighted by molar-refractivity contribution is 7.90. The first-order valence-corrected chi connectivity index (χ1v) is 11.9. The highest BCUT2D eigenvalue weighted by Crippen LogP contribution is 2.26. The van der Waals surface area contributed by atoms with Crippen molar-refractivity contribution < 1.29 is 12.8 Å². The van der Waals surface area contributed by atoms with E-state index in [1.807, 2.05) is 31.2 Å². The summed E-state index contributed by atoms with van der Waals surface area (Å²) >= 11 is 0. The van der Waals surface area contributed by atoms with Crippen LogP contribution in [0.3, 0.4) is 0 Å². The highest BCUT2D eigenvalue weighted by atomic mass is 32.2. The summed E-state index contributed by atoms with van der Waals surface area (Å²) in [4.78, 5) is 8.67. The van der Waals surface area contributed by atoms with E-state index < -0.39 is 9.84 Å². The number of oxazole rings is 1. The number of aromatic nitrogens is 2. The van der Waals surface area contributed by atoms with Gasteiger partial charge in [-0.05, 0) is 61.9 Å². The predicted molar refractivity (Wildman–Crippen MR) is 119 cm³/mol. The summed E-state index contributed by atoms with van der Waals surface area (Å²) < 4.78 is 29.0. The van der Waals surface area contributed by atoms with Crippen molar-refractivity contribution in [1.82, 2.24) is 9.97 Å². The van der Waals surface area contributed by atoms with Crippen LogP contribution < -0.4 is 0 Å². The molecule has 1 N–H and O–H groups in total. The Morgan fingerprint density at radius 3 is 2.30 bits per heavy atom. The number of nitrogens with one attached hydrogen (secondary N) is 1. The van der Waals surface area contributed by atoms with Gasteiger partial charge in [-0.2, -0.15) is 0 Å². The lowest BCUT2D eigenvalue weighted by atomic mass is 9.98. The molecule has 3 rings (SSSR count). The van der Waals surface area contributed by atoms with Crippen LogP contribution in [-0.4, -0.2) is 30.4 Å². The molecular weight excluding hydrogens is 398 g/mol. The van der Waals surface area contributed by atoms with Crippen molar-refractivity contribution in [1.29, 1.82) is 5.41 Å². The van der Waals surface area contributed by atoms with E-state index in [-0.39, 0.29) is 5.03 Å². The molecular formula is C23H27N3O3S. The molecule has 0 spiro atoms. The highest BCUT2D eigenvalue weighted by Gasteiger charge is 2.14. The molecule has 0 saturated carbocycles. The standard InChI is InChI=1S/C23H27N3O3S/c1-5-15(2)20(24)11-12-21-16(3)29-23(26-21)18-8-6-17(7-9-18)19-10-13-22(25-14-19)30(4,27)28/h6-10,13-15,24H,5,11-12H2,1-4H3. The van der Waals surface area contributed by atoms with Crippen molar-refractivity contribution in [2.45, 2.75) is 45.1 Å². The molecule has 0 radical (unpaired) electrons. The Kier molecular flexibility index (Phi) is 6.51. The van der Waals surface area contributed by atoms with E-state index in [9.17, 15) is 8.42 Å². The average Bonchev–Trinajstić information content (AvgIpc) is 3.11. The number of aryl methyl sites for hydroxylation is 2. The lowest BCUT2D eigenvalue weighted by Gasteiger charge is -2.09. The minimum atomic E-state index is -3.31. The number of rotatable bonds is 8. The van der Waals surface area contributed by atoms with Crippen LogP contribution in [0.25, 0.3) is 22.6 Å². The van der Waals surface area contributed by atoms with E-state index in [2.05, 4.69) is 23.8 Å². The number of sulfone groups is 1. The number of pyridine rings is 1. The van der Waals surface area contributed by atoms with Gasteiger partial charge in [-0.3, -0.25) is 0 Å². The topological polar surface area (TPSA) is 96.9 Å². The van der Waals surface area contributed by atoms with Crippen LogP contribution in [0.2, 0.25) is 0 Å². The number of hydrogen-bond acceptors (Lipinski definition) is 6. The van der Waals surface area contributed by atoms with Crippen LogP contribution in [0.5, 0.6) is 0 Å². The van der Waals surface area contributed by atoms with Crippen LogP contribution in [0, 0.1) is 18.3 Å². The third kappa shape index (κ3) is 5.02. The monoisotopic (exact) mass is 425 g/mol. The van der Waals surface area contributed by atoms with Gasteiger partial charge < -0.3 is 9.83 Å². The molecule has 0 fully saturated rings. The van der Waals surface area contributed by atoms with Gasteiger partial charge in [-0.1, -0.05) is 26.0 Å². The SMILES string of the molecule is CCC(C)C(=N)CCc1nc(-c2ccc(-c3ccc(S(C)(=O)=O)nc3)cc2)oc1C. The Hall–Kier alpha value is -2.80. The fourth-order valence-corrected chi connectivity index (χ4v) is 3.66. The quantitative estimate of drug-likeness (QED) is 0.506. The second kappa shape index (κ2) is 8.92.